The lowest BCUT2D eigenvalue weighted by atomic mass is 10.1. The number of hydrogen-bond acceptors (Lipinski definition) is 3. The van der Waals surface area contributed by atoms with Crippen LogP contribution in [-0.2, 0) is 11.2 Å². The first-order chi connectivity index (χ1) is 9.51. The fourth-order valence-electron chi connectivity index (χ4n) is 1.94. The van der Waals surface area contributed by atoms with E-state index < -0.39 is 0 Å². The van der Waals surface area contributed by atoms with E-state index in [9.17, 15) is 9.59 Å². The van der Waals surface area contributed by atoms with Gasteiger partial charge < -0.3 is 10.3 Å². The molecular formula is C15H17N3O2. The Morgan fingerprint density at radius 3 is 2.45 bits per heavy atom. The highest BCUT2D eigenvalue weighted by Crippen LogP contribution is 2.17. The van der Waals surface area contributed by atoms with Gasteiger partial charge in [-0.15, -0.1) is 0 Å². The molecule has 0 aliphatic carbocycles. The van der Waals surface area contributed by atoms with Gasteiger partial charge in [0.25, 0.3) is 5.56 Å². The SMILES string of the molecule is CCc1ccc(-c2nc(C)c(NC(C)=O)c(=O)[nH]2)cc1. The summed E-state index contributed by atoms with van der Waals surface area (Å²) < 4.78 is 0. The molecule has 5 heteroatoms. The summed E-state index contributed by atoms with van der Waals surface area (Å²) in [4.78, 5) is 30.1. The molecule has 0 aliphatic heterocycles. The molecule has 1 heterocycles. The Hall–Kier alpha value is -2.43. The normalized spacial score (nSPS) is 10.3. The first kappa shape index (κ1) is 14.0. The topological polar surface area (TPSA) is 74.8 Å². The van der Waals surface area contributed by atoms with Crippen LogP contribution in [0, 0.1) is 6.92 Å². The second-order valence-electron chi connectivity index (χ2n) is 4.61. The average molecular weight is 271 g/mol. The third-order valence-electron chi connectivity index (χ3n) is 3.04. The fourth-order valence-corrected chi connectivity index (χ4v) is 1.94. The number of H-pyrrole nitrogens is 1. The molecule has 0 atom stereocenters. The minimum atomic E-state index is -0.345. The molecule has 2 rings (SSSR count). The summed E-state index contributed by atoms with van der Waals surface area (Å²) in [6.45, 7) is 5.14. The number of amides is 1. The second kappa shape index (κ2) is 5.69. The fraction of sp³-hybridized carbons (Fsp3) is 0.267. The van der Waals surface area contributed by atoms with Crippen molar-refractivity contribution in [3.63, 3.8) is 0 Å². The van der Waals surface area contributed by atoms with Gasteiger partial charge >= 0.3 is 0 Å². The standard InChI is InChI=1S/C15H17N3O2/c1-4-11-5-7-12(8-6-11)14-16-9(2)13(15(20)18-14)17-10(3)19/h5-8H,4H2,1-3H3,(H,17,19)(H,16,18,20). The minimum Gasteiger partial charge on any atom is -0.320 e. The maximum atomic E-state index is 12.0. The number of aromatic amines is 1. The lowest BCUT2D eigenvalue weighted by Crippen LogP contribution is -2.20. The lowest BCUT2D eigenvalue weighted by molar-refractivity contribution is -0.114. The molecule has 0 spiro atoms. The molecule has 0 saturated heterocycles. The van der Waals surface area contributed by atoms with Gasteiger partial charge in [0.15, 0.2) is 0 Å². The van der Waals surface area contributed by atoms with Crippen LogP contribution in [-0.4, -0.2) is 15.9 Å². The van der Waals surface area contributed by atoms with Gasteiger partial charge in [0, 0.05) is 12.5 Å². The van der Waals surface area contributed by atoms with Gasteiger partial charge in [0.05, 0.1) is 5.69 Å². The molecule has 1 amide bonds. The Bertz CT molecular complexity index is 687. The van der Waals surface area contributed by atoms with Crippen molar-refractivity contribution in [1.29, 1.82) is 0 Å². The summed E-state index contributed by atoms with van der Waals surface area (Å²) in [5.41, 5.74) is 2.42. The predicted octanol–water partition coefficient (Wildman–Crippen LogP) is 2.27. The van der Waals surface area contributed by atoms with Gasteiger partial charge in [0.2, 0.25) is 5.91 Å². The summed E-state index contributed by atoms with van der Waals surface area (Å²) in [7, 11) is 0. The summed E-state index contributed by atoms with van der Waals surface area (Å²) in [6.07, 6.45) is 0.963. The van der Waals surface area contributed by atoms with Gasteiger partial charge in [-0.05, 0) is 18.9 Å². The molecule has 0 saturated carbocycles. The number of rotatable bonds is 3. The number of carbonyl (C=O) groups excluding carboxylic acids is 1. The van der Waals surface area contributed by atoms with Crippen LogP contribution in [0.4, 0.5) is 5.69 Å². The van der Waals surface area contributed by atoms with Gasteiger partial charge in [-0.3, -0.25) is 9.59 Å². The highest BCUT2D eigenvalue weighted by atomic mass is 16.2. The summed E-state index contributed by atoms with van der Waals surface area (Å²) >= 11 is 0. The van der Waals surface area contributed by atoms with Crippen LogP contribution >= 0.6 is 0 Å². The lowest BCUT2D eigenvalue weighted by Gasteiger charge is -2.08. The third-order valence-corrected chi connectivity index (χ3v) is 3.04. The highest BCUT2D eigenvalue weighted by Gasteiger charge is 2.10. The van der Waals surface area contributed by atoms with Crippen LogP contribution in [0.2, 0.25) is 0 Å². The average Bonchev–Trinajstić information content (AvgIpc) is 2.42. The largest absolute Gasteiger partial charge is 0.320 e. The molecule has 104 valence electrons. The van der Waals surface area contributed by atoms with Crippen molar-refractivity contribution in [2.24, 2.45) is 0 Å². The van der Waals surface area contributed by atoms with Crippen molar-refractivity contribution < 1.29 is 4.79 Å². The monoisotopic (exact) mass is 271 g/mol. The number of aryl methyl sites for hydroxylation is 2. The van der Waals surface area contributed by atoms with E-state index in [1.54, 1.807) is 6.92 Å². The molecule has 2 N–H and O–H groups in total. The van der Waals surface area contributed by atoms with Crippen LogP contribution in [0.15, 0.2) is 29.1 Å². The number of hydrogen-bond donors (Lipinski definition) is 2. The van der Waals surface area contributed by atoms with Crippen molar-refractivity contribution in [1.82, 2.24) is 9.97 Å². The van der Waals surface area contributed by atoms with Gasteiger partial charge in [0.1, 0.15) is 11.5 Å². The van der Waals surface area contributed by atoms with Crippen LogP contribution in [0.25, 0.3) is 11.4 Å². The zero-order valence-electron chi connectivity index (χ0n) is 11.8. The molecular weight excluding hydrogens is 254 g/mol. The van der Waals surface area contributed by atoms with E-state index in [-0.39, 0.29) is 17.2 Å². The Labute approximate surface area is 117 Å². The van der Waals surface area contributed by atoms with E-state index in [4.69, 9.17) is 0 Å². The van der Waals surface area contributed by atoms with Crippen LogP contribution in [0.5, 0.6) is 0 Å². The van der Waals surface area contributed by atoms with Crippen LogP contribution in [0.1, 0.15) is 25.1 Å². The number of anilines is 1. The number of aromatic nitrogens is 2. The van der Waals surface area contributed by atoms with E-state index in [1.165, 1.54) is 12.5 Å². The van der Waals surface area contributed by atoms with Crippen molar-refractivity contribution in [2.45, 2.75) is 27.2 Å². The van der Waals surface area contributed by atoms with Crippen molar-refractivity contribution >= 4 is 11.6 Å². The summed E-state index contributed by atoms with van der Waals surface area (Å²) in [5, 5.41) is 2.49. The quantitative estimate of drug-likeness (QED) is 0.899. The highest BCUT2D eigenvalue weighted by molar-refractivity contribution is 5.89. The summed E-state index contributed by atoms with van der Waals surface area (Å²) in [5.74, 6) is 0.213. The Morgan fingerprint density at radius 2 is 1.95 bits per heavy atom. The number of carbonyl (C=O) groups is 1. The molecule has 20 heavy (non-hydrogen) atoms. The van der Waals surface area contributed by atoms with Gasteiger partial charge in [-0.25, -0.2) is 4.98 Å². The second-order valence-corrected chi connectivity index (χ2v) is 4.61. The Kier molecular flexibility index (Phi) is 3.98. The van der Waals surface area contributed by atoms with E-state index in [1.807, 2.05) is 24.3 Å². The minimum absolute atomic E-state index is 0.200. The molecule has 0 fully saturated rings. The Balaban J connectivity index is 2.43. The molecule has 0 aliphatic rings. The van der Waals surface area contributed by atoms with Crippen molar-refractivity contribution in [3.05, 3.63) is 45.9 Å². The first-order valence-corrected chi connectivity index (χ1v) is 6.49. The van der Waals surface area contributed by atoms with E-state index in [0.29, 0.717) is 11.5 Å². The third kappa shape index (κ3) is 2.93. The van der Waals surface area contributed by atoms with E-state index in [2.05, 4.69) is 22.2 Å². The zero-order valence-corrected chi connectivity index (χ0v) is 11.8. The molecule has 0 radical (unpaired) electrons. The van der Waals surface area contributed by atoms with Gasteiger partial charge in [-0.2, -0.15) is 0 Å². The van der Waals surface area contributed by atoms with Gasteiger partial charge in [-0.1, -0.05) is 31.2 Å². The van der Waals surface area contributed by atoms with E-state index in [0.717, 1.165) is 12.0 Å². The van der Waals surface area contributed by atoms with Crippen LogP contribution < -0.4 is 10.9 Å². The molecule has 1 aromatic heterocycles. The summed E-state index contributed by atoms with van der Waals surface area (Å²) in [6, 6.07) is 7.86. The molecule has 0 unspecified atom stereocenters. The van der Waals surface area contributed by atoms with E-state index >= 15 is 0 Å². The predicted molar refractivity (Wildman–Crippen MR) is 78.7 cm³/mol. The molecule has 2 aromatic rings. The zero-order chi connectivity index (χ0) is 14.7. The smallest absolute Gasteiger partial charge is 0.275 e. The van der Waals surface area contributed by atoms with Crippen LogP contribution in [0.3, 0.4) is 0 Å². The van der Waals surface area contributed by atoms with Crippen molar-refractivity contribution in [2.75, 3.05) is 5.32 Å². The number of nitrogens with zero attached hydrogens (tertiary/aromatic N) is 1. The maximum absolute atomic E-state index is 12.0. The Morgan fingerprint density at radius 1 is 1.30 bits per heavy atom. The molecule has 1 aromatic carbocycles. The molecule has 5 nitrogen and oxygen atoms in total. The maximum Gasteiger partial charge on any atom is 0.275 e. The first-order valence-electron chi connectivity index (χ1n) is 6.49. The molecule has 0 bridgehead atoms. The number of benzene rings is 1. The van der Waals surface area contributed by atoms with Crippen molar-refractivity contribution in [3.8, 4) is 11.4 Å². The number of nitrogens with one attached hydrogen (secondary N) is 2.